The van der Waals surface area contributed by atoms with Crippen LogP contribution >= 0.6 is 0 Å². The minimum Gasteiger partial charge on any atom is -0.465 e. The van der Waals surface area contributed by atoms with Crippen LogP contribution in [0.25, 0.3) is 0 Å². The van der Waals surface area contributed by atoms with E-state index < -0.39 is 24.2 Å². The quantitative estimate of drug-likeness (QED) is 0.101. The Morgan fingerprint density at radius 1 is 0.797 bits per heavy atom. The molecule has 1 aromatic carbocycles. The van der Waals surface area contributed by atoms with E-state index in [-0.39, 0.29) is 53.1 Å². The number of esters is 1. The largest absolute Gasteiger partial charge is 0.465 e. The molecule has 0 radical (unpaired) electrons. The third-order valence-corrected chi connectivity index (χ3v) is 10.3. The summed E-state index contributed by atoms with van der Waals surface area (Å²) in [6.07, 6.45) is 4.63. The molecule has 5 rings (SSSR count). The van der Waals surface area contributed by atoms with Crippen molar-refractivity contribution in [3.63, 3.8) is 0 Å². The molecule has 2 saturated heterocycles. The number of hydrogen-bond donors (Lipinski definition) is 4. The zero-order valence-corrected chi connectivity index (χ0v) is 34.9. The Morgan fingerprint density at radius 2 is 1.37 bits per heavy atom. The van der Waals surface area contributed by atoms with Crippen molar-refractivity contribution in [3.8, 4) is 23.7 Å². The molecule has 2 aliphatic heterocycles. The Hall–Kier alpha value is -6.55. The molecule has 0 saturated carbocycles. The van der Waals surface area contributed by atoms with Crippen molar-refractivity contribution in [2.24, 2.45) is 23.7 Å². The van der Waals surface area contributed by atoms with Gasteiger partial charge in [0, 0.05) is 36.0 Å². The van der Waals surface area contributed by atoms with E-state index in [1.807, 2.05) is 27.7 Å². The van der Waals surface area contributed by atoms with Gasteiger partial charge in [0.2, 0.25) is 5.91 Å². The first-order chi connectivity index (χ1) is 28.1. The molecule has 2 aliphatic rings. The number of ether oxygens (including phenoxy) is 3. The smallest absolute Gasteiger partial charge is 0.410 e. The molecule has 0 aliphatic carbocycles. The number of imidazole rings is 2. The topological polar surface area (TPSA) is 201 Å². The number of likely N-dealkylation sites (tertiary alicyclic amines) is 2. The second kappa shape index (κ2) is 19.3. The number of hydrogen-bond acceptors (Lipinski definition) is 10. The van der Waals surface area contributed by atoms with Gasteiger partial charge in [0.05, 0.1) is 51.4 Å². The van der Waals surface area contributed by atoms with Gasteiger partial charge in [-0.15, -0.1) is 0 Å². The van der Waals surface area contributed by atoms with Crippen LogP contribution < -0.4 is 10.6 Å². The third-order valence-electron chi connectivity index (χ3n) is 10.3. The lowest BCUT2D eigenvalue weighted by Crippen LogP contribution is -2.51. The van der Waals surface area contributed by atoms with Crippen molar-refractivity contribution in [2.75, 3.05) is 34.4 Å². The fourth-order valence-corrected chi connectivity index (χ4v) is 7.22. The number of aromatic amines is 2. The molecule has 4 heterocycles. The fraction of sp³-hybridized carbons (Fsp3) is 0.465. The summed E-state index contributed by atoms with van der Waals surface area (Å²) in [5.74, 6) is 12.5. The Kier molecular flexibility index (Phi) is 14.2. The van der Waals surface area contributed by atoms with E-state index in [0.717, 1.165) is 0 Å². The number of amides is 4. The predicted octanol–water partition coefficient (Wildman–Crippen LogP) is 4.81. The van der Waals surface area contributed by atoms with E-state index in [2.05, 4.69) is 72.8 Å². The number of alkyl carbamates (subject to hydrolysis) is 2. The van der Waals surface area contributed by atoms with Gasteiger partial charge in [0.15, 0.2) is 0 Å². The number of nitrogens with one attached hydrogen (secondary N) is 4. The van der Waals surface area contributed by atoms with Crippen LogP contribution in [0.15, 0.2) is 42.4 Å². The molecule has 4 amide bonds. The molecule has 2 aromatic heterocycles. The van der Waals surface area contributed by atoms with Crippen molar-refractivity contribution in [3.05, 3.63) is 82.1 Å². The van der Waals surface area contributed by atoms with E-state index in [0.29, 0.717) is 65.7 Å². The highest BCUT2D eigenvalue weighted by molar-refractivity contribution is 5.95. The molecule has 0 bridgehead atoms. The minimum absolute atomic E-state index is 0.160. The number of benzene rings is 1. The first-order valence-corrected chi connectivity index (χ1v) is 19.5. The normalized spacial score (nSPS) is 19.3. The Balaban J connectivity index is 1.33. The van der Waals surface area contributed by atoms with Crippen LogP contribution in [0.5, 0.6) is 0 Å². The zero-order valence-electron chi connectivity index (χ0n) is 34.9. The summed E-state index contributed by atoms with van der Waals surface area (Å²) in [7, 11) is 3.81. The van der Waals surface area contributed by atoms with Crippen LogP contribution in [0.3, 0.4) is 0 Å². The van der Waals surface area contributed by atoms with Gasteiger partial charge < -0.3 is 39.3 Å². The summed E-state index contributed by atoms with van der Waals surface area (Å²) in [4.78, 5) is 83.0. The molecule has 312 valence electrons. The van der Waals surface area contributed by atoms with Crippen molar-refractivity contribution in [1.29, 1.82) is 0 Å². The molecule has 3 aromatic rings. The number of nitrogens with zero attached hydrogens (tertiary/aromatic N) is 4. The fourth-order valence-electron chi connectivity index (χ4n) is 7.22. The second-order valence-corrected chi connectivity index (χ2v) is 15.5. The van der Waals surface area contributed by atoms with Crippen LogP contribution in [0.2, 0.25) is 0 Å². The average molecular weight is 809 g/mol. The van der Waals surface area contributed by atoms with Gasteiger partial charge in [-0.05, 0) is 66.6 Å². The lowest BCUT2D eigenvalue weighted by molar-refractivity contribution is -0.135. The van der Waals surface area contributed by atoms with E-state index >= 15 is 0 Å². The van der Waals surface area contributed by atoms with Crippen molar-refractivity contribution in [2.45, 2.75) is 72.5 Å². The molecule has 59 heavy (non-hydrogen) atoms. The molecule has 5 atom stereocenters. The highest BCUT2D eigenvalue weighted by Crippen LogP contribution is 2.36. The summed E-state index contributed by atoms with van der Waals surface area (Å²) in [6.45, 7) is 12.6. The summed E-state index contributed by atoms with van der Waals surface area (Å²) in [6, 6.07) is 3.62. The first kappa shape index (κ1) is 43.6. The number of H-pyrrole nitrogens is 2. The lowest BCUT2D eigenvalue weighted by atomic mass is 10.0. The van der Waals surface area contributed by atoms with E-state index in [9.17, 15) is 24.0 Å². The summed E-state index contributed by atoms with van der Waals surface area (Å²) < 4.78 is 14.5. The first-order valence-electron chi connectivity index (χ1n) is 19.5. The van der Waals surface area contributed by atoms with Crippen molar-refractivity contribution < 1.29 is 38.2 Å². The van der Waals surface area contributed by atoms with Gasteiger partial charge in [-0.3, -0.25) is 14.9 Å². The summed E-state index contributed by atoms with van der Waals surface area (Å²) in [5, 5.41) is 5.17. The molecule has 16 nitrogen and oxygen atoms in total. The van der Waals surface area contributed by atoms with Crippen LogP contribution in [0.1, 0.15) is 111 Å². The van der Waals surface area contributed by atoms with Crippen molar-refractivity contribution >= 4 is 30.0 Å². The second-order valence-electron chi connectivity index (χ2n) is 15.5. The summed E-state index contributed by atoms with van der Waals surface area (Å²) in [5.41, 5.74) is 2.62. The van der Waals surface area contributed by atoms with E-state index in [4.69, 9.17) is 9.47 Å². The zero-order chi connectivity index (χ0) is 43.0. The SMILES string of the molecule is COC(=O)NC=C(C(=O)N1C[C@@H](C)C[C@H]1c1ncc(C#Cc2ccc(C#Cc3cnc([C@@H]4C[C@H](C)CN4C(=O)[C@@H](NC(=O)OC)C(C)C)[nH]3)cc2C(=O)OC)[nH]1)C(C)C. The summed E-state index contributed by atoms with van der Waals surface area (Å²) >= 11 is 0. The van der Waals surface area contributed by atoms with Gasteiger partial charge in [0.25, 0.3) is 5.91 Å². The van der Waals surface area contributed by atoms with Gasteiger partial charge in [-0.2, -0.15) is 0 Å². The molecule has 16 heteroatoms. The number of aromatic nitrogens is 4. The van der Waals surface area contributed by atoms with Crippen LogP contribution in [-0.2, 0) is 23.8 Å². The number of carbonyl (C=O) groups excluding carboxylic acids is 5. The Morgan fingerprint density at radius 3 is 1.93 bits per heavy atom. The molecular formula is C43H52N8O8. The monoisotopic (exact) mass is 808 g/mol. The van der Waals surface area contributed by atoms with Crippen LogP contribution in [-0.4, -0.2) is 100 Å². The molecular weight excluding hydrogens is 757 g/mol. The number of carbonyl (C=O) groups is 5. The molecule has 4 N–H and O–H groups in total. The van der Waals surface area contributed by atoms with Gasteiger partial charge in [0.1, 0.15) is 29.1 Å². The van der Waals surface area contributed by atoms with Crippen molar-refractivity contribution in [1.82, 2.24) is 40.4 Å². The van der Waals surface area contributed by atoms with Gasteiger partial charge >= 0.3 is 18.2 Å². The number of rotatable bonds is 9. The van der Waals surface area contributed by atoms with Crippen LogP contribution in [0, 0.1) is 47.4 Å². The maximum atomic E-state index is 13.7. The standard InChI is InChI=1S/C43H52N8O8/c1-24(2)33(21-46-42(55)58-8)39(52)50-22-26(5)16-34(50)37-45-20-31(48-37)15-13-29-12-10-28(18-32(29)41(54)57-7)11-14-30-19-44-38(47-30)35-17-27(6)23-51(35)40(53)36(25(3)4)49-43(56)59-9/h10,12,18-21,24-27,34-36H,16-17,22-23H2,1-9H3,(H,44,47)(H,45,48)(H,46,55)(H,49,56)/t26-,27-,34-,35-,36-/m0/s1. The van der Waals surface area contributed by atoms with Gasteiger partial charge in [-0.1, -0.05) is 53.4 Å². The Bertz CT molecular complexity index is 2220. The average Bonchev–Trinajstić information content (AvgIpc) is 4.04. The number of methoxy groups -OCH3 is 3. The van der Waals surface area contributed by atoms with Crippen LogP contribution in [0.4, 0.5) is 9.59 Å². The molecule has 0 spiro atoms. The molecule has 0 unspecified atom stereocenters. The van der Waals surface area contributed by atoms with Gasteiger partial charge in [-0.25, -0.2) is 24.4 Å². The molecule has 2 fully saturated rings. The third kappa shape index (κ3) is 10.5. The lowest BCUT2D eigenvalue weighted by Gasteiger charge is -2.30. The highest BCUT2D eigenvalue weighted by Gasteiger charge is 2.40. The maximum Gasteiger partial charge on any atom is 0.410 e. The van der Waals surface area contributed by atoms with E-state index in [1.165, 1.54) is 27.5 Å². The maximum absolute atomic E-state index is 13.7. The van der Waals surface area contributed by atoms with E-state index in [1.54, 1.807) is 40.4 Å². The minimum atomic E-state index is -0.756. The highest BCUT2D eigenvalue weighted by atomic mass is 16.5. The Labute approximate surface area is 344 Å². The predicted molar refractivity (Wildman–Crippen MR) is 216 cm³/mol.